The van der Waals surface area contributed by atoms with Crippen molar-refractivity contribution >= 4 is 32.5 Å². The first-order valence-corrected chi connectivity index (χ1v) is 5.68. The Kier molecular flexibility index (Phi) is 2.11. The van der Waals surface area contributed by atoms with Crippen LogP contribution in [-0.2, 0) is 0 Å². The van der Waals surface area contributed by atoms with Crippen molar-refractivity contribution in [3.05, 3.63) is 41.1 Å². The topological polar surface area (TPSA) is 26.5 Å². The maximum atomic E-state index is 5.23. The Balaban J connectivity index is 2.46. The highest BCUT2D eigenvalue weighted by atomic mass is 79.9. The van der Waals surface area contributed by atoms with Crippen LogP contribution in [0.4, 0.5) is 0 Å². The fraction of sp³-hybridized carbons (Fsp3) is 0.0833. The van der Waals surface area contributed by atoms with Crippen molar-refractivity contribution in [2.24, 2.45) is 0 Å². The molecule has 0 aliphatic heterocycles. The van der Waals surface area contributed by atoms with Crippen LogP contribution in [0.25, 0.3) is 16.6 Å². The van der Waals surface area contributed by atoms with Gasteiger partial charge in [0.05, 0.1) is 12.6 Å². The number of hydrogen-bond donors (Lipinski definition) is 0. The number of methoxy groups -OCH3 is 1. The first kappa shape index (κ1) is 9.66. The lowest BCUT2D eigenvalue weighted by molar-refractivity contribution is 0.415. The molecule has 2 heterocycles. The third-order valence-corrected chi connectivity index (χ3v) is 2.99. The van der Waals surface area contributed by atoms with Crippen molar-refractivity contribution in [2.75, 3.05) is 7.11 Å². The molecule has 3 rings (SSSR count). The van der Waals surface area contributed by atoms with Crippen LogP contribution in [0.5, 0.6) is 5.75 Å². The average Bonchev–Trinajstić information content (AvgIpc) is 2.69. The van der Waals surface area contributed by atoms with Gasteiger partial charge in [0.15, 0.2) is 0 Å². The number of benzene rings is 1. The molecule has 0 atom stereocenters. The summed E-state index contributed by atoms with van der Waals surface area (Å²) in [6.07, 6.45) is 1.96. The molecule has 3 nitrogen and oxygen atoms in total. The smallest absolute Gasteiger partial charge is 0.138 e. The minimum atomic E-state index is 0.836. The van der Waals surface area contributed by atoms with Gasteiger partial charge in [0.2, 0.25) is 0 Å². The van der Waals surface area contributed by atoms with Crippen molar-refractivity contribution < 1.29 is 4.74 Å². The molecule has 0 saturated heterocycles. The number of nitrogens with zero attached hydrogens (tertiary/aromatic N) is 2. The first-order chi connectivity index (χ1) is 7.78. The van der Waals surface area contributed by atoms with E-state index in [4.69, 9.17) is 4.74 Å². The van der Waals surface area contributed by atoms with E-state index in [-0.39, 0.29) is 0 Å². The van der Waals surface area contributed by atoms with Crippen molar-refractivity contribution in [2.45, 2.75) is 0 Å². The summed E-state index contributed by atoms with van der Waals surface area (Å²) >= 11 is 3.38. The summed E-state index contributed by atoms with van der Waals surface area (Å²) in [5.41, 5.74) is 2.02. The second-order valence-electron chi connectivity index (χ2n) is 3.55. The van der Waals surface area contributed by atoms with Gasteiger partial charge >= 0.3 is 0 Å². The Morgan fingerprint density at radius 3 is 2.88 bits per heavy atom. The molecular formula is C12H9BrN2O. The van der Waals surface area contributed by atoms with E-state index in [0.717, 1.165) is 21.5 Å². The number of rotatable bonds is 1. The Bertz CT molecular complexity index is 675. The Morgan fingerprint density at radius 1 is 1.25 bits per heavy atom. The van der Waals surface area contributed by atoms with Gasteiger partial charge in [0.25, 0.3) is 0 Å². The van der Waals surface area contributed by atoms with Gasteiger partial charge in [-0.05, 0) is 45.6 Å². The normalized spacial score (nSPS) is 11.1. The van der Waals surface area contributed by atoms with Gasteiger partial charge in [-0.2, -0.15) is 0 Å². The number of ether oxygens (including phenoxy) is 1. The Hall–Kier alpha value is -1.55. The maximum Gasteiger partial charge on any atom is 0.138 e. The van der Waals surface area contributed by atoms with E-state index in [1.165, 1.54) is 5.39 Å². The first-order valence-electron chi connectivity index (χ1n) is 4.89. The third kappa shape index (κ3) is 1.38. The van der Waals surface area contributed by atoms with Gasteiger partial charge in [-0.15, -0.1) is 0 Å². The molecule has 0 radical (unpaired) electrons. The fourth-order valence-electron chi connectivity index (χ4n) is 1.84. The van der Waals surface area contributed by atoms with Gasteiger partial charge in [0, 0.05) is 12.3 Å². The zero-order valence-electron chi connectivity index (χ0n) is 8.64. The van der Waals surface area contributed by atoms with E-state index < -0.39 is 0 Å². The lowest BCUT2D eigenvalue weighted by Crippen LogP contribution is -1.88. The maximum absolute atomic E-state index is 5.23. The second kappa shape index (κ2) is 3.49. The van der Waals surface area contributed by atoms with E-state index in [0.29, 0.717) is 0 Å². The molecule has 80 valence electrons. The van der Waals surface area contributed by atoms with Crippen LogP contribution in [0, 0.1) is 0 Å². The van der Waals surface area contributed by atoms with E-state index in [1.54, 1.807) is 7.11 Å². The van der Waals surface area contributed by atoms with Crippen LogP contribution in [0.2, 0.25) is 0 Å². The van der Waals surface area contributed by atoms with Gasteiger partial charge in [-0.25, -0.2) is 4.98 Å². The molecule has 0 N–H and O–H groups in total. The quantitative estimate of drug-likeness (QED) is 0.682. The van der Waals surface area contributed by atoms with E-state index >= 15 is 0 Å². The zero-order chi connectivity index (χ0) is 11.1. The number of hydrogen-bond acceptors (Lipinski definition) is 2. The van der Waals surface area contributed by atoms with Crippen LogP contribution in [-0.4, -0.2) is 16.5 Å². The van der Waals surface area contributed by atoms with Crippen molar-refractivity contribution in [3.8, 4) is 5.75 Å². The van der Waals surface area contributed by atoms with Crippen molar-refractivity contribution in [1.29, 1.82) is 0 Å². The molecule has 0 fully saturated rings. The predicted octanol–water partition coefficient (Wildman–Crippen LogP) is 3.26. The summed E-state index contributed by atoms with van der Waals surface area (Å²) in [6, 6.07) is 10.1. The summed E-state index contributed by atoms with van der Waals surface area (Å²) in [6.45, 7) is 0. The molecule has 0 amide bonds. The van der Waals surface area contributed by atoms with E-state index in [9.17, 15) is 0 Å². The molecule has 0 aliphatic rings. The molecule has 16 heavy (non-hydrogen) atoms. The lowest BCUT2D eigenvalue weighted by Gasteiger charge is -2.04. The number of pyridine rings is 1. The Morgan fingerprint density at radius 2 is 2.06 bits per heavy atom. The molecule has 3 aromatic rings. The monoisotopic (exact) mass is 276 g/mol. The lowest BCUT2D eigenvalue weighted by atomic mass is 10.2. The number of aromatic nitrogens is 2. The number of halogens is 1. The molecule has 0 aliphatic carbocycles. The zero-order valence-corrected chi connectivity index (χ0v) is 10.2. The van der Waals surface area contributed by atoms with Gasteiger partial charge in [-0.1, -0.05) is 0 Å². The Labute approximate surface area is 101 Å². The van der Waals surface area contributed by atoms with E-state index in [1.807, 2.05) is 34.9 Å². The summed E-state index contributed by atoms with van der Waals surface area (Å²) in [7, 11) is 1.67. The molecule has 2 aromatic heterocycles. The van der Waals surface area contributed by atoms with Crippen LogP contribution in [0.1, 0.15) is 0 Å². The standard InChI is InChI=1S/C12H9BrN2O/c1-16-9-4-2-8-3-5-12-14-11(13)7-15(12)10(8)6-9/h2-7H,1H3. The number of imidazole rings is 1. The van der Waals surface area contributed by atoms with Gasteiger partial charge < -0.3 is 4.74 Å². The predicted molar refractivity (Wildman–Crippen MR) is 67.0 cm³/mol. The van der Waals surface area contributed by atoms with Crippen molar-refractivity contribution in [1.82, 2.24) is 9.38 Å². The SMILES string of the molecule is COc1ccc2ccc3nc(Br)cn3c2c1. The van der Waals surface area contributed by atoms with Crippen LogP contribution in [0.15, 0.2) is 41.1 Å². The molecule has 0 spiro atoms. The molecule has 4 heteroatoms. The van der Waals surface area contributed by atoms with Gasteiger partial charge in [-0.3, -0.25) is 4.40 Å². The summed E-state index contributed by atoms with van der Waals surface area (Å²) in [4.78, 5) is 4.36. The van der Waals surface area contributed by atoms with E-state index in [2.05, 4.69) is 27.0 Å². The summed E-state index contributed by atoms with van der Waals surface area (Å²) in [5.74, 6) is 0.852. The molecule has 0 bridgehead atoms. The molecule has 1 aromatic carbocycles. The number of fused-ring (bicyclic) bond motifs is 3. The minimum absolute atomic E-state index is 0.836. The summed E-state index contributed by atoms with van der Waals surface area (Å²) < 4.78 is 8.11. The highest BCUT2D eigenvalue weighted by molar-refractivity contribution is 9.10. The fourth-order valence-corrected chi connectivity index (χ4v) is 2.23. The summed E-state index contributed by atoms with van der Waals surface area (Å²) in [5, 5.41) is 1.16. The molecule has 0 saturated carbocycles. The van der Waals surface area contributed by atoms with Crippen LogP contribution in [0.3, 0.4) is 0 Å². The second-order valence-corrected chi connectivity index (χ2v) is 4.36. The highest BCUT2D eigenvalue weighted by Crippen LogP contribution is 2.23. The van der Waals surface area contributed by atoms with Gasteiger partial charge in [0.1, 0.15) is 16.0 Å². The average molecular weight is 277 g/mol. The third-order valence-electron chi connectivity index (χ3n) is 2.61. The highest BCUT2D eigenvalue weighted by Gasteiger charge is 2.04. The van der Waals surface area contributed by atoms with Crippen LogP contribution >= 0.6 is 15.9 Å². The van der Waals surface area contributed by atoms with Crippen molar-refractivity contribution in [3.63, 3.8) is 0 Å². The molecule has 0 unspecified atom stereocenters. The largest absolute Gasteiger partial charge is 0.497 e. The molecular weight excluding hydrogens is 268 g/mol. The van der Waals surface area contributed by atoms with Crippen LogP contribution < -0.4 is 4.74 Å². The minimum Gasteiger partial charge on any atom is -0.497 e.